The van der Waals surface area contributed by atoms with E-state index in [4.69, 9.17) is 0 Å². The van der Waals surface area contributed by atoms with E-state index in [1.807, 2.05) is 6.07 Å². The third-order valence-electron chi connectivity index (χ3n) is 4.16. The predicted molar refractivity (Wildman–Crippen MR) is 81.2 cm³/mol. The predicted octanol–water partition coefficient (Wildman–Crippen LogP) is 3.05. The first kappa shape index (κ1) is 14.8. The van der Waals surface area contributed by atoms with Crippen molar-refractivity contribution in [2.75, 3.05) is 31.5 Å². The van der Waals surface area contributed by atoms with Crippen molar-refractivity contribution in [2.45, 2.75) is 26.7 Å². The van der Waals surface area contributed by atoms with Gasteiger partial charge in [0, 0.05) is 23.9 Å². The van der Waals surface area contributed by atoms with Crippen molar-refractivity contribution in [2.24, 2.45) is 5.92 Å². The highest BCUT2D eigenvalue weighted by Crippen LogP contribution is 2.23. The minimum atomic E-state index is -0.319. The van der Waals surface area contributed by atoms with Gasteiger partial charge in [-0.25, -0.2) is 0 Å². The average molecular weight is 277 g/mol. The van der Waals surface area contributed by atoms with Gasteiger partial charge in [-0.15, -0.1) is 0 Å². The lowest BCUT2D eigenvalue weighted by molar-refractivity contribution is -0.385. The summed E-state index contributed by atoms with van der Waals surface area (Å²) in [6.45, 7) is 8.32. The molecule has 0 bridgehead atoms. The van der Waals surface area contributed by atoms with E-state index in [1.165, 1.54) is 12.8 Å². The van der Waals surface area contributed by atoms with Gasteiger partial charge in [0.1, 0.15) is 0 Å². The summed E-state index contributed by atoms with van der Waals surface area (Å²) in [5.41, 5.74) is 1.74. The maximum absolute atomic E-state index is 10.9. The van der Waals surface area contributed by atoms with Crippen molar-refractivity contribution in [3.05, 3.63) is 33.9 Å². The quantitative estimate of drug-likeness (QED) is 0.664. The number of nitro benzene ring substituents is 1. The molecule has 1 saturated heterocycles. The van der Waals surface area contributed by atoms with Crippen molar-refractivity contribution in [1.29, 1.82) is 0 Å². The second-order valence-electron chi connectivity index (χ2n) is 5.52. The average Bonchev–Trinajstić information content (AvgIpc) is 2.46. The first-order chi connectivity index (χ1) is 9.60. The molecule has 1 aromatic rings. The molecule has 0 aliphatic carbocycles. The van der Waals surface area contributed by atoms with Crippen LogP contribution in [0.4, 0.5) is 11.4 Å². The number of nitrogens with zero attached hydrogens (tertiary/aromatic N) is 2. The molecular formula is C15H23N3O2. The summed E-state index contributed by atoms with van der Waals surface area (Å²) >= 11 is 0. The zero-order valence-corrected chi connectivity index (χ0v) is 12.3. The van der Waals surface area contributed by atoms with Gasteiger partial charge >= 0.3 is 0 Å². The Morgan fingerprint density at radius 1 is 1.40 bits per heavy atom. The van der Waals surface area contributed by atoms with Crippen LogP contribution in [0.3, 0.4) is 0 Å². The molecule has 1 N–H and O–H groups in total. The molecule has 1 aromatic carbocycles. The highest BCUT2D eigenvalue weighted by Gasteiger charge is 2.18. The smallest absolute Gasteiger partial charge is 0.274 e. The Hall–Kier alpha value is -1.62. The molecule has 0 unspecified atom stereocenters. The van der Waals surface area contributed by atoms with E-state index < -0.39 is 0 Å². The lowest BCUT2D eigenvalue weighted by Gasteiger charge is -2.31. The molecule has 20 heavy (non-hydrogen) atoms. The van der Waals surface area contributed by atoms with Gasteiger partial charge in [-0.1, -0.05) is 13.0 Å². The molecule has 1 aliphatic heterocycles. The van der Waals surface area contributed by atoms with E-state index in [-0.39, 0.29) is 10.6 Å². The maximum Gasteiger partial charge on any atom is 0.274 e. The number of nitro groups is 1. The second-order valence-corrected chi connectivity index (χ2v) is 5.52. The SMILES string of the molecule is CCN1CCC(CNc2ccc(C)c([N+](=O)[O-])c2)CC1. The van der Waals surface area contributed by atoms with Crippen LogP contribution in [-0.2, 0) is 0 Å². The minimum Gasteiger partial charge on any atom is -0.385 e. The third-order valence-corrected chi connectivity index (χ3v) is 4.16. The van der Waals surface area contributed by atoms with Crippen LogP contribution in [0.2, 0.25) is 0 Å². The van der Waals surface area contributed by atoms with Crippen molar-refractivity contribution < 1.29 is 4.92 Å². The fraction of sp³-hybridized carbons (Fsp3) is 0.600. The lowest BCUT2D eigenvalue weighted by atomic mass is 9.96. The van der Waals surface area contributed by atoms with Gasteiger partial charge in [-0.3, -0.25) is 10.1 Å². The fourth-order valence-corrected chi connectivity index (χ4v) is 2.69. The molecule has 0 amide bonds. The van der Waals surface area contributed by atoms with Crippen molar-refractivity contribution in [3.63, 3.8) is 0 Å². The van der Waals surface area contributed by atoms with E-state index in [2.05, 4.69) is 17.1 Å². The number of likely N-dealkylation sites (tertiary alicyclic amines) is 1. The van der Waals surface area contributed by atoms with Gasteiger partial charge in [0.05, 0.1) is 4.92 Å². The summed E-state index contributed by atoms with van der Waals surface area (Å²) in [7, 11) is 0. The van der Waals surface area contributed by atoms with Gasteiger partial charge in [0.25, 0.3) is 5.69 Å². The Morgan fingerprint density at radius 2 is 2.10 bits per heavy atom. The fourth-order valence-electron chi connectivity index (χ4n) is 2.69. The molecule has 0 aromatic heterocycles. The first-order valence-electron chi connectivity index (χ1n) is 7.31. The highest BCUT2D eigenvalue weighted by atomic mass is 16.6. The van der Waals surface area contributed by atoms with E-state index in [0.717, 1.165) is 31.9 Å². The Balaban J connectivity index is 1.88. The number of nitrogens with one attached hydrogen (secondary N) is 1. The molecule has 2 rings (SSSR count). The van der Waals surface area contributed by atoms with Crippen molar-refractivity contribution in [3.8, 4) is 0 Å². The van der Waals surface area contributed by atoms with E-state index >= 15 is 0 Å². The largest absolute Gasteiger partial charge is 0.385 e. The monoisotopic (exact) mass is 277 g/mol. The molecule has 5 heteroatoms. The zero-order valence-electron chi connectivity index (χ0n) is 12.3. The Morgan fingerprint density at radius 3 is 2.70 bits per heavy atom. The number of piperidine rings is 1. The summed E-state index contributed by atoms with van der Waals surface area (Å²) in [5.74, 6) is 0.665. The second kappa shape index (κ2) is 6.70. The van der Waals surface area contributed by atoms with Crippen LogP contribution in [0, 0.1) is 23.0 Å². The van der Waals surface area contributed by atoms with E-state index in [9.17, 15) is 10.1 Å². The molecule has 1 aliphatic rings. The standard InChI is InChI=1S/C15H23N3O2/c1-3-17-8-6-13(7-9-17)11-16-14-5-4-12(2)15(10-14)18(19)20/h4-5,10,13,16H,3,6-9,11H2,1-2H3. The number of hydrogen-bond acceptors (Lipinski definition) is 4. The molecule has 0 saturated carbocycles. The van der Waals surface area contributed by atoms with Crippen LogP contribution in [0.15, 0.2) is 18.2 Å². The summed E-state index contributed by atoms with van der Waals surface area (Å²) in [6.07, 6.45) is 2.41. The zero-order chi connectivity index (χ0) is 14.5. The lowest BCUT2D eigenvalue weighted by Crippen LogP contribution is -2.35. The van der Waals surface area contributed by atoms with Crippen LogP contribution in [0.25, 0.3) is 0 Å². The van der Waals surface area contributed by atoms with Gasteiger partial charge < -0.3 is 10.2 Å². The molecule has 0 spiro atoms. The van der Waals surface area contributed by atoms with Crippen LogP contribution in [0.1, 0.15) is 25.3 Å². The van der Waals surface area contributed by atoms with Crippen molar-refractivity contribution >= 4 is 11.4 Å². The number of aryl methyl sites for hydroxylation is 1. The molecular weight excluding hydrogens is 254 g/mol. The van der Waals surface area contributed by atoms with E-state index in [0.29, 0.717) is 11.5 Å². The molecule has 0 radical (unpaired) electrons. The topological polar surface area (TPSA) is 58.4 Å². The van der Waals surface area contributed by atoms with E-state index in [1.54, 1.807) is 19.1 Å². The number of benzene rings is 1. The molecule has 1 fully saturated rings. The maximum atomic E-state index is 10.9. The highest BCUT2D eigenvalue weighted by molar-refractivity contribution is 5.54. The Kier molecular flexibility index (Phi) is 4.95. The van der Waals surface area contributed by atoms with Crippen LogP contribution in [-0.4, -0.2) is 36.0 Å². The summed E-state index contributed by atoms with van der Waals surface area (Å²) in [5, 5.41) is 14.3. The molecule has 0 atom stereocenters. The first-order valence-corrected chi connectivity index (χ1v) is 7.31. The normalized spacial score (nSPS) is 17.1. The van der Waals surface area contributed by atoms with Crippen LogP contribution in [0.5, 0.6) is 0 Å². The number of rotatable bonds is 5. The Bertz CT molecular complexity index is 468. The summed E-state index contributed by atoms with van der Waals surface area (Å²) < 4.78 is 0. The molecule has 110 valence electrons. The minimum absolute atomic E-state index is 0.191. The molecule has 5 nitrogen and oxygen atoms in total. The van der Waals surface area contributed by atoms with Gasteiger partial charge in [0.2, 0.25) is 0 Å². The van der Waals surface area contributed by atoms with Gasteiger partial charge in [0.15, 0.2) is 0 Å². The van der Waals surface area contributed by atoms with Crippen molar-refractivity contribution in [1.82, 2.24) is 4.90 Å². The van der Waals surface area contributed by atoms with Gasteiger partial charge in [-0.05, 0) is 51.4 Å². The number of anilines is 1. The Labute approximate surface area is 120 Å². The van der Waals surface area contributed by atoms with Crippen LogP contribution >= 0.6 is 0 Å². The van der Waals surface area contributed by atoms with Gasteiger partial charge in [-0.2, -0.15) is 0 Å². The summed E-state index contributed by atoms with van der Waals surface area (Å²) in [4.78, 5) is 13.1. The molecule has 1 heterocycles. The summed E-state index contributed by atoms with van der Waals surface area (Å²) in [6, 6.07) is 5.36. The van der Waals surface area contributed by atoms with Crippen LogP contribution < -0.4 is 5.32 Å². The number of hydrogen-bond donors (Lipinski definition) is 1. The third kappa shape index (κ3) is 3.70.